The first kappa shape index (κ1) is 22.3. The van der Waals surface area contributed by atoms with Crippen LogP contribution in [0.3, 0.4) is 0 Å². The molecule has 1 aliphatic heterocycles. The number of aromatic nitrogens is 2. The Morgan fingerprint density at radius 1 is 1.32 bits per heavy atom. The molecule has 10 nitrogen and oxygen atoms in total. The van der Waals surface area contributed by atoms with E-state index in [1.54, 1.807) is 17.3 Å². The summed E-state index contributed by atoms with van der Waals surface area (Å²) in [5.74, 6) is 7.18. The van der Waals surface area contributed by atoms with Crippen molar-refractivity contribution in [3.63, 3.8) is 0 Å². The average molecular weight is 426 g/mol. The second-order valence-corrected chi connectivity index (χ2v) is 7.71. The lowest BCUT2D eigenvalue weighted by Gasteiger charge is -2.23. The van der Waals surface area contributed by atoms with E-state index in [9.17, 15) is 4.79 Å². The molecule has 2 heterocycles. The van der Waals surface area contributed by atoms with E-state index in [-0.39, 0.29) is 5.91 Å². The summed E-state index contributed by atoms with van der Waals surface area (Å²) >= 11 is 0. The highest BCUT2D eigenvalue weighted by atomic mass is 16.2. The fourth-order valence-electron chi connectivity index (χ4n) is 3.39. The SMILES string of the molecule is CCNc1ncc2c(n1)N(C)CCN(c1cccc(N(N)/C=C(\N)CN(C)C)c1)C2=O. The zero-order valence-corrected chi connectivity index (χ0v) is 18.5. The van der Waals surface area contributed by atoms with Gasteiger partial charge in [-0.15, -0.1) is 0 Å². The van der Waals surface area contributed by atoms with Crippen LogP contribution in [0.25, 0.3) is 0 Å². The summed E-state index contributed by atoms with van der Waals surface area (Å²) in [6, 6.07) is 7.50. The molecule has 1 aromatic heterocycles. The Labute approximate surface area is 183 Å². The van der Waals surface area contributed by atoms with Crippen molar-refractivity contribution in [3.05, 3.63) is 47.9 Å². The molecule has 0 radical (unpaired) electrons. The quantitative estimate of drug-likeness (QED) is 0.441. The van der Waals surface area contributed by atoms with Gasteiger partial charge in [0.25, 0.3) is 5.91 Å². The van der Waals surface area contributed by atoms with E-state index >= 15 is 0 Å². The first-order valence-electron chi connectivity index (χ1n) is 10.2. The van der Waals surface area contributed by atoms with Gasteiger partial charge in [-0.1, -0.05) is 6.07 Å². The molecule has 1 aliphatic rings. The Hall–Kier alpha value is -3.37. The van der Waals surface area contributed by atoms with E-state index in [1.807, 2.05) is 62.1 Å². The molecule has 0 aliphatic carbocycles. The Morgan fingerprint density at radius 2 is 2.10 bits per heavy atom. The van der Waals surface area contributed by atoms with Gasteiger partial charge in [-0.25, -0.2) is 10.8 Å². The highest BCUT2D eigenvalue weighted by molar-refractivity contribution is 6.09. The van der Waals surface area contributed by atoms with Crippen LogP contribution in [0.4, 0.5) is 23.1 Å². The molecule has 2 aromatic rings. The summed E-state index contributed by atoms with van der Waals surface area (Å²) in [5.41, 5.74) is 8.61. The van der Waals surface area contributed by atoms with E-state index in [0.717, 1.165) is 11.4 Å². The first-order chi connectivity index (χ1) is 14.8. The van der Waals surface area contributed by atoms with Gasteiger partial charge in [0.05, 0.1) is 5.69 Å². The second-order valence-electron chi connectivity index (χ2n) is 7.71. The first-order valence-corrected chi connectivity index (χ1v) is 10.2. The Kier molecular flexibility index (Phi) is 6.93. The fourth-order valence-corrected chi connectivity index (χ4v) is 3.39. The number of hydrogen-bond acceptors (Lipinski definition) is 9. The maximum absolute atomic E-state index is 13.3. The highest BCUT2D eigenvalue weighted by Crippen LogP contribution is 2.28. The number of likely N-dealkylation sites (N-methyl/N-ethyl adjacent to an activating group) is 2. The van der Waals surface area contributed by atoms with Crippen molar-refractivity contribution in [1.29, 1.82) is 0 Å². The standard InChI is InChI=1S/C21H31N9O/c1-5-24-21-25-12-18-19(26-21)28(4)9-10-29(20(18)31)16-7-6-8-17(11-16)30(23)14-15(22)13-27(2)3/h6-8,11-12,14H,5,9-10,13,22-23H2,1-4H3,(H,24,25,26)/b15-14-. The maximum Gasteiger partial charge on any atom is 0.263 e. The van der Waals surface area contributed by atoms with E-state index < -0.39 is 0 Å². The highest BCUT2D eigenvalue weighted by Gasteiger charge is 2.28. The second kappa shape index (κ2) is 9.63. The number of carbonyl (C=O) groups is 1. The minimum absolute atomic E-state index is 0.147. The fraction of sp³-hybridized carbons (Fsp3) is 0.381. The van der Waals surface area contributed by atoms with E-state index in [1.165, 1.54) is 5.01 Å². The molecule has 0 unspecified atom stereocenters. The molecule has 166 valence electrons. The number of hydrazine groups is 1. The van der Waals surface area contributed by atoms with Crippen molar-refractivity contribution >= 4 is 29.0 Å². The van der Waals surface area contributed by atoms with Crippen LogP contribution in [0, 0.1) is 0 Å². The molecule has 0 fully saturated rings. The van der Waals surface area contributed by atoms with Gasteiger partial charge in [0.1, 0.15) is 11.4 Å². The lowest BCUT2D eigenvalue weighted by molar-refractivity contribution is 0.0989. The number of benzene rings is 1. The van der Waals surface area contributed by atoms with Gasteiger partial charge in [0.15, 0.2) is 0 Å². The summed E-state index contributed by atoms with van der Waals surface area (Å²) in [6.07, 6.45) is 3.27. The zero-order chi connectivity index (χ0) is 22.5. The van der Waals surface area contributed by atoms with Crippen LogP contribution < -0.4 is 31.7 Å². The van der Waals surface area contributed by atoms with Crippen molar-refractivity contribution in [2.75, 3.05) is 67.4 Å². The number of nitrogens with two attached hydrogens (primary N) is 2. The summed E-state index contributed by atoms with van der Waals surface area (Å²) < 4.78 is 0. The molecule has 3 rings (SSSR count). The Balaban J connectivity index is 1.89. The number of fused-ring (bicyclic) bond motifs is 1. The molecular formula is C21H31N9O. The molecule has 0 atom stereocenters. The van der Waals surface area contributed by atoms with Crippen LogP contribution in [-0.4, -0.2) is 68.1 Å². The smallest absolute Gasteiger partial charge is 0.263 e. The number of rotatable bonds is 7. The molecule has 0 spiro atoms. The molecule has 1 aromatic carbocycles. The molecule has 31 heavy (non-hydrogen) atoms. The molecule has 10 heteroatoms. The van der Waals surface area contributed by atoms with Crippen molar-refractivity contribution in [1.82, 2.24) is 14.9 Å². The molecule has 0 saturated carbocycles. The summed E-state index contributed by atoms with van der Waals surface area (Å²) in [5, 5.41) is 4.56. The topological polar surface area (TPSA) is 120 Å². The van der Waals surface area contributed by atoms with Crippen LogP contribution in [0.2, 0.25) is 0 Å². The molecule has 0 bridgehead atoms. The van der Waals surface area contributed by atoms with E-state index in [2.05, 4.69) is 15.3 Å². The van der Waals surface area contributed by atoms with Gasteiger partial charge < -0.3 is 25.8 Å². The predicted octanol–water partition coefficient (Wildman–Crippen LogP) is 1.05. The molecule has 0 saturated heterocycles. The molecular weight excluding hydrogens is 394 g/mol. The van der Waals surface area contributed by atoms with Crippen molar-refractivity contribution in [2.24, 2.45) is 11.6 Å². The van der Waals surface area contributed by atoms with E-state index in [0.29, 0.717) is 49.2 Å². The lowest BCUT2D eigenvalue weighted by atomic mass is 10.2. The van der Waals surface area contributed by atoms with Crippen LogP contribution in [0.1, 0.15) is 17.3 Å². The molecule has 1 amide bonds. The normalized spacial score (nSPS) is 14.5. The number of amides is 1. The Bertz CT molecular complexity index is 960. The van der Waals surface area contributed by atoms with Crippen molar-refractivity contribution < 1.29 is 4.79 Å². The minimum atomic E-state index is -0.147. The number of carbonyl (C=O) groups excluding carboxylic acids is 1. The summed E-state index contributed by atoms with van der Waals surface area (Å²) in [4.78, 5) is 27.8. The number of nitrogens with zero attached hydrogens (tertiary/aromatic N) is 6. The number of anilines is 4. The maximum atomic E-state index is 13.3. The van der Waals surface area contributed by atoms with Crippen molar-refractivity contribution in [3.8, 4) is 0 Å². The van der Waals surface area contributed by atoms with Crippen LogP contribution in [0.15, 0.2) is 42.4 Å². The van der Waals surface area contributed by atoms with Crippen LogP contribution in [-0.2, 0) is 0 Å². The number of nitrogens with one attached hydrogen (secondary N) is 1. The van der Waals surface area contributed by atoms with Gasteiger partial charge in [0, 0.05) is 57.0 Å². The Morgan fingerprint density at radius 3 is 2.81 bits per heavy atom. The third-order valence-electron chi connectivity index (χ3n) is 4.84. The third-order valence-corrected chi connectivity index (χ3v) is 4.84. The zero-order valence-electron chi connectivity index (χ0n) is 18.5. The predicted molar refractivity (Wildman–Crippen MR) is 125 cm³/mol. The third kappa shape index (κ3) is 5.22. The number of hydrogen-bond donors (Lipinski definition) is 3. The van der Waals surface area contributed by atoms with Crippen LogP contribution in [0.5, 0.6) is 0 Å². The molecule has 5 N–H and O–H groups in total. The average Bonchev–Trinajstić information content (AvgIpc) is 2.84. The van der Waals surface area contributed by atoms with E-state index in [4.69, 9.17) is 11.6 Å². The van der Waals surface area contributed by atoms with Gasteiger partial charge in [-0.05, 0) is 39.2 Å². The van der Waals surface area contributed by atoms with Crippen molar-refractivity contribution in [2.45, 2.75) is 6.92 Å². The van der Waals surface area contributed by atoms with Gasteiger partial charge in [-0.2, -0.15) is 4.98 Å². The van der Waals surface area contributed by atoms with Gasteiger partial charge in [0.2, 0.25) is 5.95 Å². The lowest BCUT2D eigenvalue weighted by Crippen LogP contribution is -2.34. The monoisotopic (exact) mass is 425 g/mol. The van der Waals surface area contributed by atoms with Crippen LogP contribution >= 0.6 is 0 Å². The van der Waals surface area contributed by atoms with Gasteiger partial charge >= 0.3 is 0 Å². The summed E-state index contributed by atoms with van der Waals surface area (Å²) in [6.45, 7) is 4.42. The minimum Gasteiger partial charge on any atom is -0.400 e. The largest absolute Gasteiger partial charge is 0.400 e. The van der Waals surface area contributed by atoms with Gasteiger partial charge in [-0.3, -0.25) is 9.80 Å². The summed E-state index contributed by atoms with van der Waals surface area (Å²) in [7, 11) is 5.80.